The maximum absolute atomic E-state index is 12.0. The lowest BCUT2D eigenvalue weighted by molar-refractivity contribution is -0.139. The summed E-state index contributed by atoms with van der Waals surface area (Å²) in [6.45, 7) is 17.2. The molecule has 6 heteroatoms. The van der Waals surface area contributed by atoms with Crippen molar-refractivity contribution in [2.24, 2.45) is 5.92 Å². The number of hydrogen-bond acceptors (Lipinski definition) is 4. The third kappa shape index (κ3) is 11.9. The lowest BCUT2D eigenvalue weighted by atomic mass is 10.1. The summed E-state index contributed by atoms with van der Waals surface area (Å²) in [5.41, 5.74) is 0. The number of nitrogens with one attached hydrogen (secondary N) is 1. The van der Waals surface area contributed by atoms with E-state index in [4.69, 9.17) is 4.74 Å². The van der Waals surface area contributed by atoms with Crippen molar-refractivity contribution in [3.05, 3.63) is 0 Å². The number of hydrogen-bond donors (Lipinski definition) is 1. The SMILES string of the molecule is CC.CC(C)CC(=O)NCCCN1CCN(C(=O)COC(C)C)CC1. The fourth-order valence-electron chi connectivity index (χ4n) is 2.52. The van der Waals surface area contributed by atoms with Gasteiger partial charge in [-0.15, -0.1) is 0 Å². The Balaban J connectivity index is 0.00000277. The molecule has 1 heterocycles. The maximum Gasteiger partial charge on any atom is 0.248 e. The Morgan fingerprint density at radius 2 is 1.64 bits per heavy atom. The maximum atomic E-state index is 12.0. The minimum absolute atomic E-state index is 0.0827. The summed E-state index contributed by atoms with van der Waals surface area (Å²) in [5, 5.41) is 2.96. The first kappa shape index (κ1) is 23.9. The average Bonchev–Trinajstić information content (AvgIpc) is 2.58. The van der Waals surface area contributed by atoms with Gasteiger partial charge in [-0.2, -0.15) is 0 Å². The second kappa shape index (κ2) is 14.1. The van der Waals surface area contributed by atoms with Gasteiger partial charge < -0.3 is 15.0 Å². The minimum atomic E-state index is 0.0827. The zero-order valence-corrected chi connectivity index (χ0v) is 17.1. The van der Waals surface area contributed by atoms with Crippen LogP contribution in [0.5, 0.6) is 0 Å². The van der Waals surface area contributed by atoms with Crippen LogP contribution in [-0.4, -0.2) is 73.6 Å². The van der Waals surface area contributed by atoms with E-state index in [1.165, 1.54) is 0 Å². The lowest BCUT2D eigenvalue weighted by Crippen LogP contribution is -2.50. The third-order valence-electron chi connectivity index (χ3n) is 3.83. The van der Waals surface area contributed by atoms with E-state index in [-0.39, 0.29) is 24.5 Å². The molecule has 0 aromatic heterocycles. The van der Waals surface area contributed by atoms with Crippen molar-refractivity contribution in [2.75, 3.05) is 45.9 Å². The van der Waals surface area contributed by atoms with E-state index < -0.39 is 0 Å². The molecule has 0 atom stereocenters. The van der Waals surface area contributed by atoms with Crippen LogP contribution in [0.1, 0.15) is 54.4 Å². The number of carbonyl (C=O) groups is 2. The second-order valence-corrected chi connectivity index (χ2v) is 6.88. The van der Waals surface area contributed by atoms with Crippen LogP contribution in [0, 0.1) is 5.92 Å². The van der Waals surface area contributed by atoms with Gasteiger partial charge >= 0.3 is 0 Å². The molecule has 0 spiro atoms. The number of nitrogens with zero attached hydrogens (tertiary/aromatic N) is 2. The molecule has 1 N–H and O–H groups in total. The molecule has 0 aliphatic carbocycles. The Labute approximate surface area is 154 Å². The Morgan fingerprint density at radius 3 is 2.16 bits per heavy atom. The molecule has 0 unspecified atom stereocenters. The molecule has 148 valence electrons. The van der Waals surface area contributed by atoms with E-state index in [0.717, 1.165) is 45.7 Å². The molecule has 1 rings (SSSR count). The number of piperazine rings is 1. The van der Waals surface area contributed by atoms with E-state index in [2.05, 4.69) is 10.2 Å². The summed E-state index contributed by atoms with van der Waals surface area (Å²) < 4.78 is 5.37. The largest absolute Gasteiger partial charge is 0.369 e. The van der Waals surface area contributed by atoms with Gasteiger partial charge in [-0.1, -0.05) is 27.7 Å². The number of amides is 2. The smallest absolute Gasteiger partial charge is 0.248 e. The Bertz CT molecular complexity index is 365. The molecule has 0 aromatic rings. The lowest BCUT2D eigenvalue weighted by Gasteiger charge is -2.34. The van der Waals surface area contributed by atoms with E-state index in [0.29, 0.717) is 12.3 Å². The molecule has 0 aromatic carbocycles. The molecule has 1 aliphatic heterocycles. The van der Waals surface area contributed by atoms with Crippen molar-refractivity contribution in [2.45, 2.75) is 60.5 Å². The molecule has 6 nitrogen and oxygen atoms in total. The Hall–Kier alpha value is -1.14. The molecule has 1 saturated heterocycles. The van der Waals surface area contributed by atoms with Crippen LogP contribution < -0.4 is 5.32 Å². The highest BCUT2D eigenvalue weighted by atomic mass is 16.5. The highest BCUT2D eigenvalue weighted by Gasteiger charge is 2.20. The molecule has 1 fully saturated rings. The van der Waals surface area contributed by atoms with Crippen LogP contribution in [0.2, 0.25) is 0 Å². The van der Waals surface area contributed by atoms with Crippen LogP contribution in [0.15, 0.2) is 0 Å². The monoisotopic (exact) mass is 357 g/mol. The molecule has 2 amide bonds. The van der Waals surface area contributed by atoms with E-state index in [1.807, 2.05) is 46.4 Å². The molecule has 1 aliphatic rings. The molecular weight excluding hydrogens is 318 g/mol. The molecule has 0 radical (unpaired) electrons. The first-order valence-electron chi connectivity index (χ1n) is 9.77. The summed E-state index contributed by atoms with van der Waals surface area (Å²) in [6, 6.07) is 0. The summed E-state index contributed by atoms with van der Waals surface area (Å²) in [6.07, 6.45) is 1.64. The Kier molecular flexibility index (Phi) is 13.4. The van der Waals surface area contributed by atoms with Gasteiger partial charge in [0, 0.05) is 39.1 Å². The quantitative estimate of drug-likeness (QED) is 0.642. The number of ether oxygens (including phenoxy) is 1. The third-order valence-corrected chi connectivity index (χ3v) is 3.83. The first-order chi connectivity index (χ1) is 11.9. The summed E-state index contributed by atoms with van der Waals surface area (Å²) in [5.74, 6) is 0.625. The van der Waals surface area contributed by atoms with E-state index >= 15 is 0 Å². The van der Waals surface area contributed by atoms with Crippen molar-refractivity contribution in [1.29, 1.82) is 0 Å². The van der Waals surface area contributed by atoms with Crippen LogP contribution in [0.25, 0.3) is 0 Å². The van der Waals surface area contributed by atoms with Crippen molar-refractivity contribution < 1.29 is 14.3 Å². The first-order valence-corrected chi connectivity index (χ1v) is 9.77. The summed E-state index contributed by atoms with van der Waals surface area (Å²) in [4.78, 5) is 27.7. The van der Waals surface area contributed by atoms with Crippen molar-refractivity contribution >= 4 is 11.8 Å². The van der Waals surface area contributed by atoms with Gasteiger partial charge in [0.05, 0.1) is 6.10 Å². The van der Waals surface area contributed by atoms with Gasteiger partial charge in [0.25, 0.3) is 0 Å². The average molecular weight is 358 g/mol. The summed E-state index contributed by atoms with van der Waals surface area (Å²) >= 11 is 0. The molecular formula is C19H39N3O3. The van der Waals surface area contributed by atoms with Gasteiger partial charge in [0.1, 0.15) is 6.61 Å². The van der Waals surface area contributed by atoms with Crippen LogP contribution in [-0.2, 0) is 14.3 Å². The predicted molar refractivity (Wildman–Crippen MR) is 103 cm³/mol. The van der Waals surface area contributed by atoms with Crippen LogP contribution in [0.4, 0.5) is 0 Å². The van der Waals surface area contributed by atoms with Gasteiger partial charge in [-0.25, -0.2) is 0 Å². The number of rotatable bonds is 9. The topological polar surface area (TPSA) is 61.9 Å². The summed E-state index contributed by atoms with van der Waals surface area (Å²) in [7, 11) is 0. The van der Waals surface area contributed by atoms with Crippen LogP contribution in [0.3, 0.4) is 0 Å². The fraction of sp³-hybridized carbons (Fsp3) is 0.895. The highest BCUT2D eigenvalue weighted by Crippen LogP contribution is 2.04. The fourth-order valence-corrected chi connectivity index (χ4v) is 2.52. The minimum Gasteiger partial charge on any atom is -0.369 e. The van der Waals surface area contributed by atoms with Crippen LogP contribution >= 0.6 is 0 Å². The highest BCUT2D eigenvalue weighted by molar-refractivity contribution is 5.77. The van der Waals surface area contributed by atoms with Gasteiger partial charge in [-0.05, 0) is 32.7 Å². The zero-order chi connectivity index (χ0) is 19.2. The predicted octanol–water partition coefficient (Wildman–Crippen LogP) is 2.13. The molecule has 0 saturated carbocycles. The Morgan fingerprint density at radius 1 is 1.04 bits per heavy atom. The van der Waals surface area contributed by atoms with E-state index in [1.54, 1.807) is 0 Å². The molecule has 25 heavy (non-hydrogen) atoms. The van der Waals surface area contributed by atoms with Crippen molar-refractivity contribution in [3.8, 4) is 0 Å². The second-order valence-electron chi connectivity index (χ2n) is 6.88. The van der Waals surface area contributed by atoms with E-state index in [9.17, 15) is 9.59 Å². The van der Waals surface area contributed by atoms with Gasteiger partial charge in [0.2, 0.25) is 11.8 Å². The van der Waals surface area contributed by atoms with Gasteiger partial charge in [-0.3, -0.25) is 14.5 Å². The van der Waals surface area contributed by atoms with Crippen molar-refractivity contribution in [1.82, 2.24) is 15.1 Å². The zero-order valence-electron chi connectivity index (χ0n) is 17.1. The normalized spacial score (nSPS) is 15.1. The molecule has 0 bridgehead atoms. The van der Waals surface area contributed by atoms with Crippen molar-refractivity contribution in [3.63, 3.8) is 0 Å². The number of carbonyl (C=O) groups excluding carboxylic acids is 2. The van der Waals surface area contributed by atoms with Gasteiger partial charge in [0.15, 0.2) is 0 Å². The standard InChI is InChI=1S/C17H33N3O3.C2H6/c1-14(2)12-16(21)18-6-5-7-19-8-10-20(11-9-19)17(22)13-23-15(3)4;1-2/h14-15H,5-13H2,1-4H3,(H,18,21);1-2H3.